The molecular formula is C11H8Cl2N2O2. The second kappa shape index (κ2) is 4.39. The smallest absolute Gasteiger partial charge is 0.354 e. The maximum absolute atomic E-state index is 11.1. The van der Waals surface area contributed by atoms with Gasteiger partial charge in [0.15, 0.2) is 5.69 Å². The number of rotatable bonds is 2. The van der Waals surface area contributed by atoms with Gasteiger partial charge in [-0.2, -0.15) is 0 Å². The van der Waals surface area contributed by atoms with Crippen molar-refractivity contribution in [2.45, 2.75) is 6.92 Å². The van der Waals surface area contributed by atoms with Crippen molar-refractivity contribution in [3.8, 4) is 5.69 Å². The highest BCUT2D eigenvalue weighted by atomic mass is 35.5. The molecule has 0 atom stereocenters. The Morgan fingerprint density at radius 3 is 2.76 bits per heavy atom. The monoisotopic (exact) mass is 270 g/mol. The van der Waals surface area contributed by atoms with Gasteiger partial charge in [0.05, 0.1) is 21.4 Å². The van der Waals surface area contributed by atoms with Gasteiger partial charge in [0, 0.05) is 0 Å². The third kappa shape index (κ3) is 2.01. The van der Waals surface area contributed by atoms with Gasteiger partial charge in [-0.05, 0) is 19.1 Å². The van der Waals surface area contributed by atoms with Crippen LogP contribution >= 0.6 is 23.2 Å². The van der Waals surface area contributed by atoms with E-state index < -0.39 is 5.97 Å². The molecule has 1 N–H and O–H groups in total. The van der Waals surface area contributed by atoms with Crippen LogP contribution in [0.2, 0.25) is 10.0 Å². The van der Waals surface area contributed by atoms with E-state index in [-0.39, 0.29) is 5.69 Å². The molecule has 4 nitrogen and oxygen atoms in total. The van der Waals surface area contributed by atoms with E-state index in [1.807, 2.05) is 0 Å². The molecule has 1 heterocycles. The van der Waals surface area contributed by atoms with Gasteiger partial charge in [-0.15, -0.1) is 0 Å². The largest absolute Gasteiger partial charge is 0.477 e. The zero-order chi connectivity index (χ0) is 12.6. The molecule has 0 spiro atoms. The number of carboxylic acids is 1. The number of carboxylic acid groups (broad SMARTS) is 1. The van der Waals surface area contributed by atoms with Crippen molar-refractivity contribution < 1.29 is 9.90 Å². The molecular weight excluding hydrogens is 263 g/mol. The van der Waals surface area contributed by atoms with Crippen molar-refractivity contribution in [1.82, 2.24) is 9.55 Å². The van der Waals surface area contributed by atoms with Gasteiger partial charge in [-0.25, -0.2) is 9.78 Å². The predicted octanol–water partition coefficient (Wildman–Crippen LogP) is 3.19. The van der Waals surface area contributed by atoms with E-state index in [0.29, 0.717) is 21.4 Å². The molecule has 0 fully saturated rings. The molecule has 0 unspecified atom stereocenters. The minimum atomic E-state index is -1.06. The van der Waals surface area contributed by atoms with Gasteiger partial charge in [0.1, 0.15) is 6.33 Å². The van der Waals surface area contributed by atoms with Crippen LogP contribution in [0.4, 0.5) is 0 Å². The predicted molar refractivity (Wildman–Crippen MR) is 65.3 cm³/mol. The summed E-state index contributed by atoms with van der Waals surface area (Å²) in [5, 5.41) is 9.79. The summed E-state index contributed by atoms with van der Waals surface area (Å²) in [6.45, 7) is 1.62. The van der Waals surface area contributed by atoms with Crippen LogP contribution in [0.1, 0.15) is 16.2 Å². The molecule has 0 radical (unpaired) electrons. The molecule has 6 heteroatoms. The Kier molecular flexibility index (Phi) is 3.09. The maximum Gasteiger partial charge on any atom is 0.354 e. The number of aromatic nitrogens is 2. The number of imidazole rings is 1. The topological polar surface area (TPSA) is 55.1 Å². The van der Waals surface area contributed by atoms with Crippen LogP contribution in [0, 0.1) is 6.92 Å². The van der Waals surface area contributed by atoms with E-state index >= 15 is 0 Å². The van der Waals surface area contributed by atoms with E-state index in [9.17, 15) is 4.79 Å². The van der Waals surface area contributed by atoms with Crippen LogP contribution < -0.4 is 0 Å². The first-order valence-corrected chi connectivity index (χ1v) is 5.49. The molecule has 2 rings (SSSR count). The number of hydrogen-bond donors (Lipinski definition) is 1. The highest BCUT2D eigenvalue weighted by Crippen LogP contribution is 2.29. The summed E-state index contributed by atoms with van der Waals surface area (Å²) < 4.78 is 1.41. The molecule has 2 aromatic rings. The van der Waals surface area contributed by atoms with E-state index in [1.54, 1.807) is 25.1 Å². The summed E-state index contributed by atoms with van der Waals surface area (Å²) in [5.74, 6) is -1.06. The van der Waals surface area contributed by atoms with Gasteiger partial charge >= 0.3 is 5.97 Å². The SMILES string of the molecule is Cc1ncn(-c2cccc(Cl)c2Cl)c1C(=O)O. The first kappa shape index (κ1) is 12.0. The second-order valence-electron chi connectivity index (χ2n) is 3.43. The summed E-state index contributed by atoms with van der Waals surface area (Å²) >= 11 is 11.9. The summed E-state index contributed by atoms with van der Waals surface area (Å²) in [5.41, 5.74) is 1.000. The third-order valence-corrected chi connectivity index (χ3v) is 3.15. The van der Waals surface area contributed by atoms with Gasteiger partial charge in [-0.1, -0.05) is 29.3 Å². The molecule has 0 saturated carbocycles. The van der Waals surface area contributed by atoms with Crippen LogP contribution in [0.25, 0.3) is 5.69 Å². The number of benzene rings is 1. The standard InChI is InChI=1S/C11H8Cl2N2O2/c1-6-10(11(16)17)15(5-14-6)8-4-2-3-7(12)9(8)13/h2-5H,1H3,(H,16,17). The van der Waals surface area contributed by atoms with E-state index in [4.69, 9.17) is 28.3 Å². The van der Waals surface area contributed by atoms with Crippen LogP contribution in [0.15, 0.2) is 24.5 Å². The van der Waals surface area contributed by atoms with Crippen molar-refractivity contribution >= 4 is 29.2 Å². The fraction of sp³-hybridized carbons (Fsp3) is 0.0909. The molecule has 0 aliphatic heterocycles. The first-order chi connectivity index (χ1) is 8.02. The molecule has 0 aliphatic rings. The normalized spacial score (nSPS) is 10.5. The van der Waals surface area contributed by atoms with Gasteiger partial charge in [0.2, 0.25) is 0 Å². The van der Waals surface area contributed by atoms with Crippen molar-refractivity contribution in [3.05, 3.63) is 46.0 Å². The minimum Gasteiger partial charge on any atom is -0.477 e. The quantitative estimate of drug-likeness (QED) is 0.912. The molecule has 88 valence electrons. The minimum absolute atomic E-state index is 0.0779. The van der Waals surface area contributed by atoms with E-state index in [2.05, 4.69) is 4.98 Å². The van der Waals surface area contributed by atoms with Crippen molar-refractivity contribution in [2.75, 3.05) is 0 Å². The Morgan fingerprint density at radius 1 is 1.41 bits per heavy atom. The Labute approximate surface area is 107 Å². The van der Waals surface area contributed by atoms with Crippen LogP contribution in [0.5, 0.6) is 0 Å². The molecule has 17 heavy (non-hydrogen) atoms. The Hall–Kier alpha value is -1.52. The lowest BCUT2D eigenvalue weighted by Gasteiger charge is -2.08. The van der Waals surface area contributed by atoms with Gasteiger partial charge in [0.25, 0.3) is 0 Å². The molecule has 1 aromatic heterocycles. The van der Waals surface area contributed by atoms with Crippen molar-refractivity contribution in [3.63, 3.8) is 0 Å². The van der Waals surface area contributed by atoms with Crippen LogP contribution in [-0.4, -0.2) is 20.6 Å². The number of halogens is 2. The lowest BCUT2D eigenvalue weighted by atomic mass is 10.3. The summed E-state index contributed by atoms with van der Waals surface area (Å²) in [6.07, 6.45) is 1.41. The average Bonchev–Trinajstić information content (AvgIpc) is 2.64. The van der Waals surface area contributed by atoms with Crippen LogP contribution in [-0.2, 0) is 0 Å². The maximum atomic E-state index is 11.1. The van der Waals surface area contributed by atoms with Crippen LogP contribution in [0.3, 0.4) is 0 Å². The fourth-order valence-corrected chi connectivity index (χ4v) is 1.94. The highest BCUT2D eigenvalue weighted by molar-refractivity contribution is 6.43. The van der Waals surface area contributed by atoms with Gasteiger partial charge in [-0.3, -0.25) is 4.57 Å². The number of carbonyl (C=O) groups is 1. The Bertz CT molecular complexity index is 593. The summed E-state index contributed by atoms with van der Waals surface area (Å²) in [6, 6.07) is 5.02. The summed E-state index contributed by atoms with van der Waals surface area (Å²) in [4.78, 5) is 15.1. The lowest BCUT2D eigenvalue weighted by molar-refractivity contribution is 0.0687. The Balaban J connectivity index is 2.69. The molecule has 0 amide bonds. The number of nitrogens with zero attached hydrogens (tertiary/aromatic N) is 2. The fourth-order valence-electron chi connectivity index (χ4n) is 1.56. The number of hydrogen-bond acceptors (Lipinski definition) is 2. The lowest BCUT2D eigenvalue weighted by Crippen LogP contribution is -2.07. The molecule has 1 aromatic carbocycles. The third-order valence-electron chi connectivity index (χ3n) is 2.34. The second-order valence-corrected chi connectivity index (χ2v) is 4.21. The first-order valence-electron chi connectivity index (χ1n) is 4.74. The zero-order valence-electron chi connectivity index (χ0n) is 8.82. The van der Waals surface area contributed by atoms with Crippen molar-refractivity contribution in [2.24, 2.45) is 0 Å². The van der Waals surface area contributed by atoms with E-state index in [0.717, 1.165) is 0 Å². The summed E-state index contributed by atoms with van der Waals surface area (Å²) in [7, 11) is 0. The Morgan fingerprint density at radius 2 is 2.12 bits per heavy atom. The highest BCUT2D eigenvalue weighted by Gasteiger charge is 2.18. The molecule has 0 bridgehead atoms. The average molecular weight is 271 g/mol. The van der Waals surface area contributed by atoms with E-state index in [1.165, 1.54) is 10.9 Å². The zero-order valence-corrected chi connectivity index (χ0v) is 10.3. The van der Waals surface area contributed by atoms with Crippen molar-refractivity contribution in [1.29, 1.82) is 0 Å². The number of aromatic carboxylic acids is 1. The number of aryl methyl sites for hydroxylation is 1. The molecule has 0 saturated heterocycles. The molecule has 0 aliphatic carbocycles. The van der Waals surface area contributed by atoms with Gasteiger partial charge < -0.3 is 5.11 Å².